The lowest BCUT2D eigenvalue weighted by Gasteiger charge is -2.26. The van der Waals surface area contributed by atoms with E-state index in [4.69, 9.17) is 5.73 Å². The summed E-state index contributed by atoms with van der Waals surface area (Å²) in [5.74, 6) is 0.569. The maximum Gasteiger partial charge on any atom is 0.0645 e. The Balaban J connectivity index is 1.64. The van der Waals surface area contributed by atoms with Crippen LogP contribution in [0.4, 0.5) is 0 Å². The van der Waals surface area contributed by atoms with Crippen molar-refractivity contribution in [3.63, 3.8) is 0 Å². The molecule has 4 rings (SSSR count). The van der Waals surface area contributed by atoms with Crippen LogP contribution in [0.25, 0.3) is 5.69 Å². The fraction of sp³-hybridized carbons (Fsp3) is 0.471. The highest BCUT2D eigenvalue weighted by atomic mass is 15.3. The molecule has 2 aliphatic rings. The Morgan fingerprint density at radius 1 is 1.14 bits per heavy atom. The Labute approximate surface area is 125 Å². The van der Waals surface area contributed by atoms with Crippen LogP contribution in [-0.4, -0.2) is 33.8 Å². The van der Waals surface area contributed by atoms with Crippen molar-refractivity contribution in [2.75, 3.05) is 13.1 Å². The molecule has 4 nitrogen and oxygen atoms in total. The van der Waals surface area contributed by atoms with Gasteiger partial charge < -0.3 is 5.73 Å². The Kier molecular flexibility index (Phi) is 3.28. The highest BCUT2D eigenvalue weighted by Crippen LogP contribution is 2.43. The SMILES string of the molecule is NCC1CCN(C2CC2)C1c1cnn(-c2ccccc2)c1. The van der Waals surface area contributed by atoms with Crippen molar-refractivity contribution in [3.8, 4) is 5.69 Å². The van der Waals surface area contributed by atoms with Crippen LogP contribution in [0.5, 0.6) is 0 Å². The minimum absolute atomic E-state index is 0.458. The lowest BCUT2D eigenvalue weighted by Crippen LogP contribution is -2.29. The Bertz CT molecular complexity index is 602. The molecule has 4 heteroatoms. The van der Waals surface area contributed by atoms with Gasteiger partial charge in [-0.15, -0.1) is 0 Å². The second-order valence-electron chi connectivity index (χ2n) is 6.25. The van der Waals surface area contributed by atoms with Gasteiger partial charge in [-0.05, 0) is 50.4 Å². The quantitative estimate of drug-likeness (QED) is 0.936. The predicted molar refractivity (Wildman–Crippen MR) is 83.2 cm³/mol. The molecule has 1 saturated carbocycles. The van der Waals surface area contributed by atoms with Crippen LogP contribution in [0.3, 0.4) is 0 Å². The molecule has 0 spiro atoms. The fourth-order valence-corrected chi connectivity index (χ4v) is 3.62. The van der Waals surface area contributed by atoms with E-state index in [1.807, 2.05) is 29.1 Å². The van der Waals surface area contributed by atoms with Gasteiger partial charge in [-0.3, -0.25) is 4.90 Å². The van der Waals surface area contributed by atoms with Crippen molar-refractivity contribution < 1.29 is 0 Å². The highest BCUT2D eigenvalue weighted by Gasteiger charge is 2.42. The highest BCUT2D eigenvalue weighted by molar-refractivity contribution is 5.31. The van der Waals surface area contributed by atoms with E-state index in [0.717, 1.165) is 18.3 Å². The normalized spacial score (nSPS) is 26.3. The Morgan fingerprint density at radius 3 is 2.67 bits per heavy atom. The van der Waals surface area contributed by atoms with Crippen LogP contribution in [0.1, 0.15) is 30.9 Å². The third kappa shape index (κ3) is 2.39. The summed E-state index contributed by atoms with van der Waals surface area (Å²) in [6, 6.07) is 11.5. The molecule has 1 aromatic carbocycles. The molecule has 2 heterocycles. The number of para-hydroxylation sites is 1. The van der Waals surface area contributed by atoms with Crippen LogP contribution < -0.4 is 5.73 Å². The number of likely N-dealkylation sites (tertiary alicyclic amines) is 1. The molecule has 0 bridgehead atoms. The van der Waals surface area contributed by atoms with E-state index >= 15 is 0 Å². The first-order valence-corrected chi connectivity index (χ1v) is 7.92. The number of hydrogen-bond donors (Lipinski definition) is 1. The number of aromatic nitrogens is 2. The third-order valence-corrected chi connectivity index (χ3v) is 4.85. The molecule has 2 fully saturated rings. The first-order valence-electron chi connectivity index (χ1n) is 7.92. The molecule has 110 valence electrons. The van der Waals surface area contributed by atoms with E-state index in [1.165, 1.54) is 31.4 Å². The van der Waals surface area contributed by atoms with Crippen LogP contribution in [0.15, 0.2) is 42.7 Å². The molecule has 21 heavy (non-hydrogen) atoms. The van der Waals surface area contributed by atoms with Crippen molar-refractivity contribution >= 4 is 0 Å². The molecule has 0 amide bonds. The van der Waals surface area contributed by atoms with Gasteiger partial charge in [0.15, 0.2) is 0 Å². The summed E-state index contributed by atoms with van der Waals surface area (Å²) in [5.41, 5.74) is 8.44. The summed E-state index contributed by atoms with van der Waals surface area (Å²) in [5, 5.41) is 4.56. The van der Waals surface area contributed by atoms with Crippen molar-refractivity contribution in [1.29, 1.82) is 0 Å². The Morgan fingerprint density at radius 2 is 1.95 bits per heavy atom. The van der Waals surface area contributed by atoms with Crippen LogP contribution in [0, 0.1) is 5.92 Å². The molecule has 2 unspecified atom stereocenters. The average Bonchev–Trinajstić information content (AvgIpc) is 3.11. The van der Waals surface area contributed by atoms with Gasteiger partial charge in [0, 0.05) is 23.8 Å². The lowest BCUT2D eigenvalue weighted by molar-refractivity contribution is 0.220. The van der Waals surface area contributed by atoms with Gasteiger partial charge in [0.1, 0.15) is 0 Å². The van der Waals surface area contributed by atoms with Gasteiger partial charge in [0.25, 0.3) is 0 Å². The van der Waals surface area contributed by atoms with E-state index in [0.29, 0.717) is 12.0 Å². The first kappa shape index (κ1) is 13.0. The summed E-state index contributed by atoms with van der Waals surface area (Å²) < 4.78 is 1.98. The third-order valence-electron chi connectivity index (χ3n) is 4.85. The van der Waals surface area contributed by atoms with Crippen molar-refractivity contribution in [2.45, 2.75) is 31.3 Å². The molecule has 2 N–H and O–H groups in total. The predicted octanol–water partition coefficient (Wildman–Crippen LogP) is 2.36. The molecular formula is C17H22N4. The number of nitrogens with two attached hydrogens (primary N) is 1. The summed E-state index contributed by atoms with van der Waals surface area (Å²) in [7, 11) is 0. The van der Waals surface area contributed by atoms with E-state index in [1.54, 1.807) is 0 Å². The summed E-state index contributed by atoms with van der Waals surface area (Å²) in [6.45, 7) is 1.96. The van der Waals surface area contributed by atoms with E-state index < -0.39 is 0 Å². The molecule has 1 aliphatic heterocycles. The summed E-state index contributed by atoms with van der Waals surface area (Å²) in [6.07, 6.45) is 8.12. The molecule has 1 aliphatic carbocycles. The zero-order valence-electron chi connectivity index (χ0n) is 12.2. The van der Waals surface area contributed by atoms with Crippen molar-refractivity contribution in [3.05, 3.63) is 48.3 Å². The smallest absolute Gasteiger partial charge is 0.0645 e. The molecule has 0 radical (unpaired) electrons. The zero-order chi connectivity index (χ0) is 14.2. The molecule has 2 aromatic rings. The number of benzene rings is 1. The lowest BCUT2D eigenvalue weighted by atomic mass is 9.96. The standard InChI is InChI=1S/C17H22N4/c18-10-13-8-9-20(15-6-7-15)17(13)14-11-19-21(12-14)16-4-2-1-3-5-16/h1-5,11-13,15,17H,6-10,18H2. The second kappa shape index (κ2) is 5.28. The molecule has 2 atom stereocenters. The minimum Gasteiger partial charge on any atom is -0.330 e. The monoisotopic (exact) mass is 282 g/mol. The largest absolute Gasteiger partial charge is 0.330 e. The molecular weight excluding hydrogens is 260 g/mol. The van der Waals surface area contributed by atoms with Crippen LogP contribution >= 0.6 is 0 Å². The van der Waals surface area contributed by atoms with Gasteiger partial charge in [0.2, 0.25) is 0 Å². The van der Waals surface area contributed by atoms with Crippen LogP contribution in [0.2, 0.25) is 0 Å². The van der Waals surface area contributed by atoms with Crippen LogP contribution in [-0.2, 0) is 0 Å². The fourth-order valence-electron chi connectivity index (χ4n) is 3.62. The maximum atomic E-state index is 6.01. The summed E-state index contributed by atoms with van der Waals surface area (Å²) >= 11 is 0. The van der Waals surface area contributed by atoms with E-state index in [-0.39, 0.29) is 0 Å². The number of hydrogen-bond acceptors (Lipinski definition) is 3. The van der Waals surface area contributed by atoms with Gasteiger partial charge in [-0.1, -0.05) is 18.2 Å². The topological polar surface area (TPSA) is 47.1 Å². The number of rotatable bonds is 4. The number of nitrogens with zero attached hydrogens (tertiary/aromatic N) is 3. The minimum atomic E-state index is 0.458. The maximum absolute atomic E-state index is 6.01. The van der Waals surface area contributed by atoms with Gasteiger partial charge in [-0.25, -0.2) is 4.68 Å². The van der Waals surface area contributed by atoms with Gasteiger partial charge in [-0.2, -0.15) is 5.10 Å². The van der Waals surface area contributed by atoms with E-state index in [2.05, 4.69) is 28.3 Å². The zero-order valence-corrected chi connectivity index (χ0v) is 12.2. The van der Waals surface area contributed by atoms with E-state index in [9.17, 15) is 0 Å². The second-order valence-corrected chi connectivity index (χ2v) is 6.25. The van der Waals surface area contributed by atoms with Crippen molar-refractivity contribution in [1.82, 2.24) is 14.7 Å². The van der Waals surface area contributed by atoms with Gasteiger partial charge >= 0.3 is 0 Å². The molecule has 1 saturated heterocycles. The average molecular weight is 282 g/mol. The van der Waals surface area contributed by atoms with Crippen molar-refractivity contribution in [2.24, 2.45) is 11.7 Å². The van der Waals surface area contributed by atoms with Gasteiger partial charge in [0.05, 0.1) is 11.9 Å². The summed E-state index contributed by atoms with van der Waals surface area (Å²) in [4.78, 5) is 2.66. The molecule has 1 aromatic heterocycles. The Hall–Kier alpha value is -1.65. The first-order chi connectivity index (χ1) is 10.4.